The molecule has 1 saturated heterocycles. The van der Waals surface area contributed by atoms with Crippen molar-refractivity contribution in [2.45, 2.75) is 46.5 Å². The highest BCUT2D eigenvalue weighted by Gasteiger charge is 2.43. The van der Waals surface area contributed by atoms with Gasteiger partial charge in [-0.2, -0.15) is 0 Å². The number of carboxylic acid groups (broad SMARTS) is 1. The average Bonchev–Trinajstić information content (AvgIpc) is 2.77. The van der Waals surface area contributed by atoms with Gasteiger partial charge in [0.05, 0.1) is 11.0 Å². The molecule has 116 valence electrons. The zero-order valence-electron chi connectivity index (χ0n) is 12.9. The standard InChI is InChI=1S/C16H23NO4/c1-4-6-16(15(19)20)7-5-8-17(10-16)14(18)13-9-11(2)21-12(13)3/h9H,4-8,10H2,1-3H3,(H,19,20). The topological polar surface area (TPSA) is 70.8 Å². The molecular weight excluding hydrogens is 270 g/mol. The number of likely N-dealkylation sites (tertiary alicyclic amines) is 1. The molecule has 1 aromatic rings. The molecule has 0 bridgehead atoms. The first kappa shape index (κ1) is 15.6. The van der Waals surface area contributed by atoms with Crippen LogP contribution in [0.4, 0.5) is 0 Å². The first-order chi connectivity index (χ1) is 9.89. The lowest BCUT2D eigenvalue weighted by Crippen LogP contribution is -2.50. The van der Waals surface area contributed by atoms with E-state index in [0.717, 1.165) is 12.8 Å². The summed E-state index contributed by atoms with van der Waals surface area (Å²) in [6.07, 6.45) is 2.78. The van der Waals surface area contributed by atoms with Gasteiger partial charge in [0.1, 0.15) is 11.5 Å². The van der Waals surface area contributed by atoms with Crippen molar-refractivity contribution in [1.29, 1.82) is 0 Å². The molecule has 1 unspecified atom stereocenters. The maximum absolute atomic E-state index is 12.6. The lowest BCUT2D eigenvalue weighted by molar-refractivity contribution is -0.152. The molecule has 1 amide bonds. The number of aliphatic carboxylic acids is 1. The number of piperidine rings is 1. The van der Waals surface area contributed by atoms with Crippen LogP contribution in [-0.2, 0) is 4.79 Å². The number of amides is 1. The van der Waals surface area contributed by atoms with Gasteiger partial charge in [0, 0.05) is 13.1 Å². The number of nitrogens with zero attached hydrogens (tertiary/aromatic N) is 1. The van der Waals surface area contributed by atoms with E-state index in [2.05, 4.69) is 0 Å². The molecule has 0 radical (unpaired) electrons. The van der Waals surface area contributed by atoms with Crippen molar-refractivity contribution in [3.8, 4) is 0 Å². The third-order valence-electron chi connectivity index (χ3n) is 4.32. The second-order valence-electron chi connectivity index (χ2n) is 5.99. The number of carbonyl (C=O) groups is 2. The normalized spacial score (nSPS) is 22.3. The van der Waals surface area contributed by atoms with Crippen LogP contribution >= 0.6 is 0 Å². The number of aryl methyl sites for hydroxylation is 2. The van der Waals surface area contributed by atoms with Crippen molar-refractivity contribution in [1.82, 2.24) is 4.90 Å². The van der Waals surface area contributed by atoms with Crippen LogP contribution in [0.3, 0.4) is 0 Å². The van der Waals surface area contributed by atoms with E-state index in [1.807, 2.05) is 6.92 Å². The SMILES string of the molecule is CCCC1(C(=O)O)CCCN(C(=O)c2cc(C)oc2C)C1. The molecule has 2 heterocycles. The summed E-state index contributed by atoms with van der Waals surface area (Å²) >= 11 is 0. The Bertz CT molecular complexity index is 544. The second kappa shape index (κ2) is 5.92. The van der Waals surface area contributed by atoms with Gasteiger partial charge in [0.2, 0.25) is 0 Å². The Hall–Kier alpha value is -1.78. The summed E-state index contributed by atoms with van der Waals surface area (Å²) in [6.45, 7) is 6.45. The minimum Gasteiger partial charge on any atom is -0.481 e. The third kappa shape index (κ3) is 2.96. The number of hydrogen-bond donors (Lipinski definition) is 1. The quantitative estimate of drug-likeness (QED) is 0.926. The summed E-state index contributed by atoms with van der Waals surface area (Å²) in [5.74, 6) is 0.387. The Kier molecular flexibility index (Phi) is 4.40. The Morgan fingerprint density at radius 3 is 2.67 bits per heavy atom. The monoisotopic (exact) mass is 293 g/mol. The predicted molar refractivity (Wildman–Crippen MR) is 78.3 cm³/mol. The van der Waals surface area contributed by atoms with E-state index in [1.165, 1.54) is 0 Å². The molecule has 0 saturated carbocycles. The second-order valence-corrected chi connectivity index (χ2v) is 5.99. The predicted octanol–water partition coefficient (Wildman–Crippen LogP) is 3.00. The van der Waals surface area contributed by atoms with Gasteiger partial charge in [-0.25, -0.2) is 0 Å². The minimum atomic E-state index is -0.796. The largest absolute Gasteiger partial charge is 0.481 e. The molecule has 1 N–H and O–H groups in total. The number of carboxylic acids is 1. The zero-order valence-corrected chi connectivity index (χ0v) is 12.9. The molecule has 1 fully saturated rings. The maximum Gasteiger partial charge on any atom is 0.311 e. The molecule has 0 spiro atoms. The van der Waals surface area contributed by atoms with Gasteiger partial charge < -0.3 is 14.4 Å². The van der Waals surface area contributed by atoms with Crippen molar-refractivity contribution in [2.24, 2.45) is 5.41 Å². The molecule has 0 aliphatic carbocycles. The molecule has 1 aromatic heterocycles. The van der Waals surface area contributed by atoms with E-state index in [4.69, 9.17) is 4.42 Å². The summed E-state index contributed by atoms with van der Waals surface area (Å²) in [7, 11) is 0. The van der Waals surface area contributed by atoms with Crippen LogP contribution in [-0.4, -0.2) is 35.0 Å². The molecule has 21 heavy (non-hydrogen) atoms. The van der Waals surface area contributed by atoms with E-state index >= 15 is 0 Å². The highest BCUT2D eigenvalue weighted by atomic mass is 16.4. The van der Waals surface area contributed by atoms with Crippen LogP contribution in [0.15, 0.2) is 10.5 Å². The summed E-state index contributed by atoms with van der Waals surface area (Å²) in [6, 6.07) is 1.73. The van der Waals surface area contributed by atoms with Gasteiger partial charge >= 0.3 is 5.97 Å². The van der Waals surface area contributed by atoms with Crippen molar-refractivity contribution in [3.63, 3.8) is 0 Å². The number of carbonyl (C=O) groups excluding carboxylic acids is 1. The van der Waals surface area contributed by atoms with Gasteiger partial charge in [-0.1, -0.05) is 13.3 Å². The summed E-state index contributed by atoms with van der Waals surface area (Å²) in [5, 5.41) is 9.59. The first-order valence-electron chi connectivity index (χ1n) is 7.49. The van der Waals surface area contributed by atoms with Crippen molar-refractivity contribution in [2.75, 3.05) is 13.1 Å². The fraction of sp³-hybridized carbons (Fsp3) is 0.625. The van der Waals surface area contributed by atoms with Crippen LogP contribution in [0.1, 0.15) is 54.5 Å². The van der Waals surface area contributed by atoms with E-state index in [0.29, 0.717) is 43.0 Å². The van der Waals surface area contributed by atoms with Crippen molar-refractivity contribution < 1.29 is 19.1 Å². The molecule has 5 nitrogen and oxygen atoms in total. The Balaban J connectivity index is 2.22. The van der Waals surface area contributed by atoms with Gasteiger partial charge in [0.15, 0.2) is 0 Å². The van der Waals surface area contributed by atoms with Crippen molar-refractivity contribution >= 4 is 11.9 Å². The average molecular weight is 293 g/mol. The molecule has 5 heteroatoms. The third-order valence-corrected chi connectivity index (χ3v) is 4.32. The highest BCUT2D eigenvalue weighted by molar-refractivity contribution is 5.95. The first-order valence-corrected chi connectivity index (χ1v) is 7.49. The number of hydrogen-bond acceptors (Lipinski definition) is 3. The molecule has 0 aromatic carbocycles. The van der Waals surface area contributed by atoms with Crippen LogP contribution in [0.25, 0.3) is 0 Å². The van der Waals surface area contributed by atoms with Crippen LogP contribution in [0, 0.1) is 19.3 Å². The molecular formula is C16H23NO4. The molecule has 1 aliphatic heterocycles. The zero-order chi connectivity index (χ0) is 15.6. The lowest BCUT2D eigenvalue weighted by Gasteiger charge is -2.39. The van der Waals surface area contributed by atoms with Crippen LogP contribution in [0.5, 0.6) is 0 Å². The molecule has 1 aliphatic rings. The Labute approximate surface area is 124 Å². The molecule has 1 atom stereocenters. The number of furan rings is 1. The van der Waals surface area contributed by atoms with E-state index < -0.39 is 11.4 Å². The van der Waals surface area contributed by atoms with Gasteiger partial charge in [-0.15, -0.1) is 0 Å². The van der Waals surface area contributed by atoms with E-state index in [9.17, 15) is 14.7 Å². The van der Waals surface area contributed by atoms with Crippen LogP contribution in [0.2, 0.25) is 0 Å². The summed E-state index contributed by atoms with van der Waals surface area (Å²) < 4.78 is 5.41. The minimum absolute atomic E-state index is 0.120. The number of rotatable bonds is 4. The Morgan fingerprint density at radius 2 is 2.14 bits per heavy atom. The van der Waals surface area contributed by atoms with Crippen molar-refractivity contribution in [3.05, 3.63) is 23.2 Å². The van der Waals surface area contributed by atoms with E-state index in [1.54, 1.807) is 24.8 Å². The van der Waals surface area contributed by atoms with Crippen LogP contribution < -0.4 is 0 Å². The summed E-state index contributed by atoms with van der Waals surface area (Å²) in [4.78, 5) is 26.0. The van der Waals surface area contributed by atoms with E-state index in [-0.39, 0.29) is 5.91 Å². The highest BCUT2D eigenvalue weighted by Crippen LogP contribution is 2.35. The van der Waals surface area contributed by atoms with Gasteiger partial charge in [-0.05, 0) is 39.2 Å². The smallest absolute Gasteiger partial charge is 0.311 e. The maximum atomic E-state index is 12.6. The lowest BCUT2D eigenvalue weighted by atomic mass is 9.76. The molecule has 2 rings (SSSR count). The fourth-order valence-corrected chi connectivity index (χ4v) is 3.28. The Morgan fingerprint density at radius 1 is 1.43 bits per heavy atom. The van der Waals surface area contributed by atoms with Gasteiger partial charge in [-0.3, -0.25) is 9.59 Å². The fourth-order valence-electron chi connectivity index (χ4n) is 3.28. The summed E-state index contributed by atoms with van der Waals surface area (Å²) in [5.41, 5.74) is -0.250. The van der Waals surface area contributed by atoms with Gasteiger partial charge in [0.25, 0.3) is 5.91 Å².